The first kappa shape index (κ1) is 14.0. The lowest BCUT2D eigenvalue weighted by atomic mass is 10.2. The van der Waals surface area contributed by atoms with Crippen LogP contribution in [0.4, 0.5) is 8.78 Å². The van der Waals surface area contributed by atoms with Crippen molar-refractivity contribution in [3.05, 3.63) is 29.6 Å². The molecule has 2 amide bonds. The number of likely N-dealkylation sites (N-methyl/N-ethyl adjacent to an activating group) is 2. The van der Waals surface area contributed by atoms with Gasteiger partial charge in [0.2, 0.25) is 11.9 Å². The molecule has 0 fully saturated rings. The Morgan fingerprint density at radius 1 is 1.44 bits per heavy atom. The Morgan fingerprint density at radius 2 is 2.11 bits per heavy atom. The van der Waals surface area contributed by atoms with Crippen LogP contribution in [-0.4, -0.2) is 41.8 Å². The number of pyridine rings is 1. The zero-order valence-corrected chi connectivity index (χ0v) is 10.0. The lowest BCUT2D eigenvalue weighted by Crippen LogP contribution is -2.39. The van der Waals surface area contributed by atoms with Crippen molar-refractivity contribution in [2.45, 2.75) is 6.92 Å². The molecule has 1 heterocycles. The van der Waals surface area contributed by atoms with E-state index in [-0.39, 0.29) is 19.0 Å². The number of hydrogen-bond acceptors (Lipinski definition) is 3. The van der Waals surface area contributed by atoms with E-state index in [0.717, 1.165) is 17.2 Å². The molecular weight excluding hydrogens is 244 g/mol. The van der Waals surface area contributed by atoms with Crippen LogP contribution in [0.5, 0.6) is 0 Å². The van der Waals surface area contributed by atoms with Crippen molar-refractivity contribution in [2.75, 3.05) is 20.1 Å². The van der Waals surface area contributed by atoms with Crippen molar-refractivity contribution in [3.63, 3.8) is 0 Å². The number of halogens is 2. The summed E-state index contributed by atoms with van der Waals surface area (Å²) >= 11 is 0. The molecule has 1 aromatic rings. The van der Waals surface area contributed by atoms with Gasteiger partial charge in [0.25, 0.3) is 5.91 Å². The monoisotopic (exact) mass is 257 g/mol. The van der Waals surface area contributed by atoms with E-state index >= 15 is 0 Å². The summed E-state index contributed by atoms with van der Waals surface area (Å²) < 4.78 is 26.3. The smallest absolute Gasteiger partial charge is 0.257 e. The third kappa shape index (κ3) is 2.99. The first-order valence-electron chi connectivity index (χ1n) is 5.31. The molecule has 1 aromatic heterocycles. The van der Waals surface area contributed by atoms with Gasteiger partial charge in [-0.15, -0.1) is 0 Å². The number of carbonyl (C=O) groups excluding carboxylic acids is 2. The van der Waals surface area contributed by atoms with Gasteiger partial charge in [0.1, 0.15) is 0 Å². The van der Waals surface area contributed by atoms with Gasteiger partial charge in [-0.1, -0.05) is 0 Å². The normalized spacial score (nSPS) is 10.0. The maximum Gasteiger partial charge on any atom is 0.257 e. The molecule has 0 bridgehead atoms. The molecule has 1 N–H and O–H groups in total. The second-order valence-electron chi connectivity index (χ2n) is 3.46. The minimum Gasteiger partial charge on any atom is -0.358 e. The van der Waals surface area contributed by atoms with Crippen LogP contribution in [0, 0.1) is 11.8 Å². The molecule has 0 unspecified atom stereocenters. The van der Waals surface area contributed by atoms with Gasteiger partial charge in [-0.05, 0) is 13.0 Å². The molecule has 0 saturated carbocycles. The minimum absolute atomic E-state index is 0.204. The molecule has 0 aliphatic rings. The van der Waals surface area contributed by atoms with E-state index in [2.05, 4.69) is 10.3 Å². The molecule has 0 saturated heterocycles. The van der Waals surface area contributed by atoms with Crippen molar-refractivity contribution in [1.29, 1.82) is 0 Å². The fourth-order valence-electron chi connectivity index (χ4n) is 1.33. The quantitative estimate of drug-likeness (QED) is 0.802. The van der Waals surface area contributed by atoms with Gasteiger partial charge in [0.15, 0.2) is 5.82 Å². The summed E-state index contributed by atoms with van der Waals surface area (Å²) in [5.41, 5.74) is -0.437. The Labute approximate surface area is 103 Å². The summed E-state index contributed by atoms with van der Waals surface area (Å²) in [5, 5.41) is 2.35. The third-order valence-corrected chi connectivity index (χ3v) is 2.36. The number of nitrogens with zero attached hydrogens (tertiary/aromatic N) is 2. The molecule has 0 spiro atoms. The molecule has 5 nitrogen and oxygen atoms in total. The highest BCUT2D eigenvalue weighted by Gasteiger charge is 2.22. The number of aromatic nitrogens is 1. The zero-order valence-electron chi connectivity index (χ0n) is 10.0. The summed E-state index contributed by atoms with van der Waals surface area (Å²) in [6.07, 6.45) is 0.999. The zero-order chi connectivity index (χ0) is 13.7. The molecule has 1 rings (SSSR count). The molecule has 0 radical (unpaired) electrons. The average Bonchev–Trinajstić information content (AvgIpc) is 2.38. The van der Waals surface area contributed by atoms with E-state index in [1.54, 1.807) is 6.92 Å². The Hall–Kier alpha value is -2.05. The topological polar surface area (TPSA) is 62.3 Å². The molecule has 7 heteroatoms. The average molecular weight is 257 g/mol. The first-order valence-corrected chi connectivity index (χ1v) is 5.31. The van der Waals surface area contributed by atoms with Crippen molar-refractivity contribution in [2.24, 2.45) is 0 Å². The van der Waals surface area contributed by atoms with E-state index in [0.29, 0.717) is 0 Å². The fraction of sp³-hybridized carbons (Fsp3) is 0.364. The summed E-state index contributed by atoms with van der Waals surface area (Å²) in [6.45, 7) is 1.63. The van der Waals surface area contributed by atoms with Gasteiger partial charge in [-0.2, -0.15) is 4.39 Å². The predicted molar refractivity (Wildman–Crippen MR) is 59.8 cm³/mol. The maximum absolute atomic E-state index is 13.4. The van der Waals surface area contributed by atoms with Crippen molar-refractivity contribution < 1.29 is 18.4 Å². The fourth-order valence-corrected chi connectivity index (χ4v) is 1.33. The van der Waals surface area contributed by atoms with Gasteiger partial charge >= 0.3 is 0 Å². The maximum atomic E-state index is 13.4. The number of amides is 2. The highest BCUT2D eigenvalue weighted by atomic mass is 19.2. The van der Waals surface area contributed by atoms with Crippen LogP contribution < -0.4 is 5.32 Å². The van der Waals surface area contributed by atoms with E-state index in [4.69, 9.17) is 0 Å². The molecule has 0 atom stereocenters. The van der Waals surface area contributed by atoms with Crippen molar-refractivity contribution in [3.8, 4) is 0 Å². The van der Waals surface area contributed by atoms with Gasteiger partial charge in [0.05, 0.1) is 12.1 Å². The molecular formula is C11H13F2N3O2. The van der Waals surface area contributed by atoms with Crippen LogP contribution in [0.2, 0.25) is 0 Å². The molecule has 0 aromatic carbocycles. The number of carbonyl (C=O) groups is 2. The summed E-state index contributed by atoms with van der Waals surface area (Å²) in [5.74, 6) is -3.78. The van der Waals surface area contributed by atoms with Gasteiger partial charge < -0.3 is 10.2 Å². The minimum atomic E-state index is -1.34. The summed E-state index contributed by atoms with van der Waals surface area (Å²) in [4.78, 5) is 27.3. The summed E-state index contributed by atoms with van der Waals surface area (Å²) in [7, 11) is 1.42. The van der Waals surface area contributed by atoms with Gasteiger partial charge in [-0.3, -0.25) is 9.59 Å². The Balaban J connectivity index is 2.97. The van der Waals surface area contributed by atoms with Crippen LogP contribution in [-0.2, 0) is 4.79 Å². The predicted octanol–water partition coefficient (Wildman–Crippen LogP) is 0.568. The van der Waals surface area contributed by atoms with Gasteiger partial charge in [-0.25, -0.2) is 9.37 Å². The van der Waals surface area contributed by atoms with E-state index in [1.807, 2.05) is 0 Å². The Morgan fingerprint density at radius 3 is 2.67 bits per heavy atom. The Kier molecular flexibility index (Phi) is 4.70. The molecule has 0 aliphatic heterocycles. The second kappa shape index (κ2) is 6.04. The largest absolute Gasteiger partial charge is 0.358 e. The van der Waals surface area contributed by atoms with E-state index < -0.39 is 23.2 Å². The highest BCUT2D eigenvalue weighted by Crippen LogP contribution is 2.11. The van der Waals surface area contributed by atoms with Crippen LogP contribution in [0.1, 0.15) is 17.3 Å². The van der Waals surface area contributed by atoms with Crippen LogP contribution >= 0.6 is 0 Å². The van der Waals surface area contributed by atoms with E-state index in [1.165, 1.54) is 7.05 Å². The van der Waals surface area contributed by atoms with Crippen LogP contribution in [0.25, 0.3) is 0 Å². The van der Waals surface area contributed by atoms with E-state index in [9.17, 15) is 18.4 Å². The molecule has 0 aliphatic carbocycles. The standard InChI is InChI=1S/C11H13F2N3O2/c1-3-16(6-8(17)14-2)11(18)7-4-5-15-10(13)9(7)12/h4-5H,3,6H2,1-2H3,(H,14,17). The first-order chi connectivity index (χ1) is 8.51. The lowest BCUT2D eigenvalue weighted by Gasteiger charge is -2.20. The number of rotatable bonds is 4. The molecule has 98 valence electrons. The number of hydrogen-bond donors (Lipinski definition) is 1. The summed E-state index contributed by atoms with van der Waals surface area (Å²) in [6, 6.07) is 1.08. The van der Waals surface area contributed by atoms with Gasteiger partial charge in [0, 0.05) is 19.8 Å². The number of nitrogens with one attached hydrogen (secondary N) is 1. The Bertz CT molecular complexity index is 466. The third-order valence-electron chi connectivity index (χ3n) is 2.36. The lowest BCUT2D eigenvalue weighted by molar-refractivity contribution is -0.121. The van der Waals surface area contributed by atoms with Crippen LogP contribution in [0.15, 0.2) is 12.3 Å². The van der Waals surface area contributed by atoms with Crippen molar-refractivity contribution in [1.82, 2.24) is 15.2 Å². The van der Waals surface area contributed by atoms with Crippen LogP contribution in [0.3, 0.4) is 0 Å². The van der Waals surface area contributed by atoms with Crippen molar-refractivity contribution >= 4 is 11.8 Å². The second-order valence-corrected chi connectivity index (χ2v) is 3.46. The highest BCUT2D eigenvalue weighted by molar-refractivity contribution is 5.96. The SMILES string of the molecule is CCN(CC(=O)NC)C(=O)c1ccnc(F)c1F. The molecule has 18 heavy (non-hydrogen) atoms.